The number of piperidine rings is 1. The van der Waals surface area contributed by atoms with Crippen LogP contribution in [0.15, 0.2) is 48.5 Å². The van der Waals surface area contributed by atoms with Crippen LogP contribution in [0.4, 0.5) is 0 Å². The highest BCUT2D eigenvalue weighted by Crippen LogP contribution is 2.24. The number of amides is 3. The van der Waals surface area contributed by atoms with Crippen LogP contribution in [0, 0.1) is 0 Å². The fourth-order valence-electron chi connectivity index (χ4n) is 4.21. The molecule has 2 aliphatic heterocycles. The van der Waals surface area contributed by atoms with Crippen molar-refractivity contribution in [2.45, 2.75) is 38.4 Å². The first-order valence-electron chi connectivity index (χ1n) is 10.6. The predicted octanol–water partition coefficient (Wildman–Crippen LogP) is 2.35. The lowest BCUT2D eigenvalue weighted by atomic mass is 9.98. The van der Waals surface area contributed by atoms with Crippen LogP contribution in [-0.4, -0.2) is 53.8 Å². The van der Waals surface area contributed by atoms with Crippen molar-refractivity contribution in [3.05, 3.63) is 65.2 Å². The lowest BCUT2D eigenvalue weighted by Gasteiger charge is -2.42. The molecule has 162 valence electrons. The van der Waals surface area contributed by atoms with E-state index in [0.717, 1.165) is 36.1 Å². The summed E-state index contributed by atoms with van der Waals surface area (Å²) < 4.78 is 5.20. The molecule has 7 heteroatoms. The Hall–Kier alpha value is -3.35. The SMILES string of the molecule is COc1cccc(CNC(=O)c2ccc(CN3CC(=O)N4CCCC[C@H]4C3=O)cc2)c1. The van der Waals surface area contributed by atoms with Gasteiger partial charge in [-0.3, -0.25) is 14.4 Å². The lowest BCUT2D eigenvalue weighted by molar-refractivity contribution is -0.158. The van der Waals surface area contributed by atoms with Crippen molar-refractivity contribution >= 4 is 17.7 Å². The van der Waals surface area contributed by atoms with Crippen LogP contribution < -0.4 is 10.1 Å². The van der Waals surface area contributed by atoms with Gasteiger partial charge in [0.15, 0.2) is 0 Å². The minimum absolute atomic E-state index is 0.0258. The van der Waals surface area contributed by atoms with Crippen molar-refractivity contribution in [2.24, 2.45) is 0 Å². The number of ether oxygens (including phenoxy) is 1. The number of methoxy groups -OCH3 is 1. The average Bonchev–Trinajstić information content (AvgIpc) is 2.81. The Kier molecular flexibility index (Phi) is 6.21. The summed E-state index contributed by atoms with van der Waals surface area (Å²) in [5.74, 6) is 0.631. The molecule has 2 fully saturated rings. The second kappa shape index (κ2) is 9.20. The molecular weight excluding hydrogens is 394 g/mol. The van der Waals surface area contributed by atoms with E-state index in [0.29, 0.717) is 25.2 Å². The molecule has 0 aliphatic carbocycles. The number of benzene rings is 2. The fourth-order valence-corrected chi connectivity index (χ4v) is 4.21. The Morgan fingerprint density at radius 3 is 2.68 bits per heavy atom. The van der Waals surface area contributed by atoms with Crippen molar-refractivity contribution in [3.8, 4) is 5.75 Å². The first-order chi connectivity index (χ1) is 15.0. The zero-order valence-electron chi connectivity index (χ0n) is 17.7. The molecule has 2 aromatic rings. The monoisotopic (exact) mass is 421 g/mol. The van der Waals surface area contributed by atoms with E-state index in [9.17, 15) is 14.4 Å². The summed E-state index contributed by atoms with van der Waals surface area (Å²) in [6.07, 6.45) is 2.69. The van der Waals surface area contributed by atoms with E-state index in [1.807, 2.05) is 36.4 Å². The number of fused-ring (bicyclic) bond motifs is 1. The highest BCUT2D eigenvalue weighted by atomic mass is 16.5. The van der Waals surface area contributed by atoms with Gasteiger partial charge in [0.05, 0.1) is 7.11 Å². The van der Waals surface area contributed by atoms with Gasteiger partial charge in [0.2, 0.25) is 11.8 Å². The first kappa shape index (κ1) is 20.9. The molecule has 2 saturated heterocycles. The summed E-state index contributed by atoms with van der Waals surface area (Å²) >= 11 is 0. The summed E-state index contributed by atoms with van der Waals surface area (Å²) in [5.41, 5.74) is 2.40. The van der Waals surface area contributed by atoms with E-state index >= 15 is 0 Å². The van der Waals surface area contributed by atoms with Crippen LogP contribution in [0.2, 0.25) is 0 Å². The van der Waals surface area contributed by atoms with Gasteiger partial charge in [-0.2, -0.15) is 0 Å². The third-order valence-corrected chi connectivity index (χ3v) is 5.92. The number of hydrogen-bond acceptors (Lipinski definition) is 4. The summed E-state index contributed by atoms with van der Waals surface area (Å²) in [5, 5.41) is 2.90. The van der Waals surface area contributed by atoms with E-state index in [1.54, 1.807) is 29.0 Å². The molecule has 0 bridgehead atoms. The molecule has 0 unspecified atom stereocenters. The third-order valence-electron chi connectivity index (χ3n) is 5.92. The Morgan fingerprint density at radius 2 is 1.90 bits per heavy atom. The zero-order valence-corrected chi connectivity index (χ0v) is 17.7. The van der Waals surface area contributed by atoms with Crippen LogP contribution >= 0.6 is 0 Å². The number of carbonyl (C=O) groups is 3. The summed E-state index contributed by atoms with van der Waals surface area (Å²) in [6, 6.07) is 14.4. The first-order valence-corrected chi connectivity index (χ1v) is 10.6. The molecule has 4 rings (SSSR count). The quantitative estimate of drug-likeness (QED) is 0.777. The largest absolute Gasteiger partial charge is 0.497 e. The van der Waals surface area contributed by atoms with Gasteiger partial charge >= 0.3 is 0 Å². The van der Waals surface area contributed by atoms with Crippen molar-refractivity contribution in [3.63, 3.8) is 0 Å². The van der Waals surface area contributed by atoms with Gasteiger partial charge < -0.3 is 19.9 Å². The van der Waals surface area contributed by atoms with Gasteiger partial charge in [-0.1, -0.05) is 24.3 Å². The van der Waals surface area contributed by atoms with Gasteiger partial charge in [0, 0.05) is 25.2 Å². The van der Waals surface area contributed by atoms with E-state index in [4.69, 9.17) is 4.74 Å². The van der Waals surface area contributed by atoms with Crippen LogP contribution in [0.25, 0.3) is 0 Å². The molecule has 1 atom stereocenters. The molecule has 2 aromatic carbocycles. The topological polar surface area (TPSA) is 79.0 Å². The number of hydrogen-bond donors (Lipinski definition) is 1. The number of nitrogens with one attached hydrogen (secondary N) is 1. The number of carbonyl (C=O) groups excluding carboxylic acids is 3. The summed E-state index contributed by atoms with van der Waals surface area (Å²) in [4.78, 5) is 41.1. The van der Waals surface area contributed by atoms with Crippen molar-refractivity contribution in [1.82, 2.24) is 15.1 Å². The Bertz CT molecular complexity index is 973. The molecular formula is C24H27N3O4. The van der Waals surface area contributed by atoms with Crippen molar-refractivity contribution in [1.29, 1.82) is 0 Å². The van der Waals surface area contributed by atoms with Crippen molar-refractivity contribution < 1.29 is 19.1 Å². The van der Waals surface area contributed by atoms with E-state index in [2.05, 4.69) is 5.32 Å². The maximum Gasteiger partial charge on any atom is 0.251 e. The van der Waals surface area contributed by atoms with Crippen LogP contribution in [0.3, 0.4) is 0 Å². The van der Waals surface area contributed by atoms with Crippen LogP contribution in [-0.2, 0) is 22.7 Å². The second-order valence-electron chi connectivity index (χ2n) is 8.02. The summed E-state index contributed by atoms with van der Waals surface area (Å²) in [7, 11) is 1.61. The molecule has 0 spiro atoms. The lowest BCUT2D eigenvalue weighted by Crippen LogP contribution is -2.60. The zero-order chi connectivity index (χ0) is 21.8. The van der Waals surface area contributed by atoms with Crippen LogP contribution in [0.1, 0.15) is 40.7 Å². The molecule has 31 heavy (non-hydrogen) atoms. The van der Waals surface area contributed by atoms with Gasteiger partial charge in [-0.25, -0.2) is 0 Å². The Morgan fingerprint density at radius 1 is 1.10 bits per heavy atom. The number of rotatable bonds is 6. The fraction of sp³-hybridized carbons (Fsp3) is 0.375. The minimum atomic E-state index is -0.309. The smallest absolute Gasteiger partial charge is 0.251 e. The van der Waals surface area contributed by atoms with Gasteiger partial charge in [-0.15, -0.1) is 0 Å². The molecule has 2 aliphatic rings. The molecule has 3 amide bonds. The Labute approximate surface area is 182 Å². The van der Waals surface area contributed by atoms with E-state index < -0.39 is 0 Å². The molecule has 2 heterocycles. The van der Waals surface area contributed by atoms with E-state index in [-0.39, 0.29) is 30.3 Å². The van der Waals surface area contributed by atoms with Gasteiger partial charge in [-0.05, 0) is 54.7 Å². The maximum atomic E-state index is 12.8. The molecule has 0 radical (unpaired) electrons. The minimum Gasteiger partial charge on any atom is -0.497 e. The van der Waals surface area contributed by atoms with Gasteiger partial charge in [0.1, 0.15) is 18.3 Å². The second-order valence-corrected chi connectivity index (χ2v) is 8.02. The average molecular weight is 421 g/mol. The molecule has 0 aromatic heterocycles. The van der Waals surface area contributed by atoms with Gasteiger partial charge in [0.25, 0.3) is 5.91 Å². The standard InChI is InChI=1S/C24H27N3O4/c1-31-20-6-4-5-18(13-20)14-25-23(29)19-10-8-17(9-11-19)15-26-16-22(28)27-12-3-2-7-21(27)24(26)30/h4-6,8-11,13,21H,2-3,7,12,14-16H2,1H3,(H,25,29)/t21-/m0/s1. The summed E-state index contributed by atoms with van der Waals surface area (Å²) in [6.45, 7) is 1.58. The van der Waals surface area contributed by atoms with Crippen molar-refractivity contribution in [2.75, 3.05) is 20.2 Å². The molecule has 0 saturated carbocycles. The third kappa shape index (κ3) is 4.71. The predicted molar refractivity (Wildman–Crippen MR) is 115 cm³/mol. The van der Waals surface area contributed by atoms with E-state index in [1.165, 1.54) is 0 Å². The van der Waals surface area contributed by atoms with Crippen LogP contribution in [0.5, 0.6) is 5.75 Å². The molecule has 7 nitrogen and oxygen atoms in total. The molecule has 1 N–H and O–H groups in total. The Balaban J connectivity index is 1.35. The normalized spacial score (nSPS) is 18.5. The maximum absolute atomic E-state index is 12.8. The number of piperazine rings is 1. The highest BCUT2D eigenvalue weighted by molar-refractivity contribution is 5.95. The highest BCUT2D eigenvalue weighted by Gasteiger charge is 2.40. The number of nitrogens with zero attached hydrogens (tertiary/aromatic N) is 2.